The predicted molar refractivity (Wildman–Crippen MR) is 62.2 cm³/mol. The molecule has 0 bridgehead atoms. The van der Waals surface area contributed by atoms with Crippen LogP contribution in [0.3, 0.4) is 0 Å². The quantitative estimate of drug-likeness (QED) is 0.795. The summed E-state index contributed by atoms with van der Waals surface area (Å²) in [5, 5.41) is 2.56. The van der Waals surface area contributed by atoms with E-state index in [1.807, 2.05) is 0 Å². The zero-order chi connectivity index (χ0) is 13.5. The molecule has 0 saturated carbocycles. The molecule has 1 amide bonds. The van der Waals surface area contributed by atoms with Crippen LogP contribution in [0.5, 0.6) is 11.5 Å². The lowest BCUT2D eigenvalue weighted by molar-refractivity contribution is -0.0512. The van der Waals surface area contributed by atoms with Gasteiger partial charge in [0.25, 0.3) is 5.91 Å². The number of halogens is 2. The molecular formula is C12H13F2NO3. The highest BCUT2D eigenvalue weighted by Gasteiger charge is 2.13. The van der Waals surface area contributed by atoms with Gasteiger partial charge in [-0.1, -0.05) is 6.08 Å². The lowest BCUT2D eigenvalue weighted by Gasteiger charge is -2.11. The summed E-state index contributed by atoms with van der Waals surface area (Å²) in [7, 11) is 1.30. The summed E-state index contributed by atoms with van der Waals surface area (Å²) in [6.45, 7) is 0.835. The minimum atomic E-state index is -2.95. The van der Waals surface area contributed by atoms with Crippen LogP contribution >= 0.6 is 0 Å². The molecule has 0 aliphatic rings. The number of hydrogen-bond acceptors (Lipinski definition) is 3. The fraction of sp³-hybridized carbons (Fsp3) is 0.250. The highest BCUT2D eigenvalue weighted by Crippen LogP contribution is 2.29. The SMILES string of the molecule is C=CCNC(=O)c1ccc(OC(F)F)c(OC)c1. The number of rotatable bonds is 6. The van der Waals surface area contributed by atoms with Crippen molar-refractivity contribution in [2.75, 3.05) is 13.7 Å². The van der Waals surface area contributed by atoms with Gasteiger partial charge in [0.05, 0.1) is 7.11 Å². The van der Waals surface area contributed by atoms with E-state index in [0.717, 1.165) is 0 Å². The summed E-state index contributed by atoms with van der Waals surface area (Å²) < 4.78 is 33.3. The fourth-order valence-electron chi connectivity index (χ4n) is 1.27. The van der Waals surface area contributed by atoms with E-state index >= 15 is 0 Å². The van der Waals surface area contributed by atoms with E-state index in [2.05, 4.69) is 16.6 Å². The molecule has 0 aliphatic carbocycles. The minimum Gasteiger partial charge on any atom is -0.493 e. The molecule has 18 heavy (non-hydrogen) atoms. The number of carbonyl (C=O) groups excluding carboxylic acids is 1. The number of ether oxygens (including phenoxy) is 2. The number of nitrogens with one attached hydrogen (secondary N) is 1. The zero-order valence-corrected chi connectivity index (χ0v) is 9.78. The molecule has 0 fully saturated rings. The predicted octanol–water partition coefficient (Wildman–Crippen LogP) is 2.21. The summed E-state index contributed by atoms with van der Waals surface area (Å²) in [6, 6.07) is 3.96. The third kappa shape index (κ3) is 3.73. The third-order valence-corrected chi connectivity index (χ3v) is 2.05. The van der Waals surface area contributed by atoms with Crippen molar-refractivity contribution < 1.29 is 23.0 Å². The van der Waals surface area contributed by atoms with E-state index < -0.39 is 6.61 Å². The van der Waals surface area contributed by atoms with Crippen LogP contribution in [-0.2, 0) is 0 Å². The van der Waals surface area contributed by atoms with Crippen LogP contribution in [0.4, 0.5) is 8.78 Å². The van der Waals surface area contributed by atoms with Crippen LogP contribution in [0.1, 0.15) is 10.4 Å². The summed E-state index contributed by atoms with van der Waals surface area (Å²) in [4.78, 5) is 11.6. The van der Waals surface area contributed by atoms with Gasteiger partial charge in [-0.3, -0.25) is 4.79 Å². The molecule has 4 nitrogen and oxygen atoms in total. The number of benzene rings is 1. The van der Waals surface area contributed by atoms with E-state index in [9.17, 15) is 13.6 Å². The average Bonchev–Trinajstić information content (AvgIpc) is 2.35. The Bertz CT molecular complexity index is 435. The first-order valence-corrected chi connectivity index (χ1v) is 5.10. The summed E-state index contributed by atoms with van der Waals surface area (Å²) in [6.07, 6.45) is 1.53. The van der Waals surface area contributed by atoms with Gasteiger partial charge >= 0.3 is 6.61 Å². The smallest absolute Gasteiger partial charge is 0.387 e. The number of methoxy groups -OCH3 is 1. The van der Waals surface area contributed by atoms with Crippen molar-refractivity contribution >= 4 is 5.91 Å². The van der Waals surface area contributed by atoms with Crippen molar-refractivity contribution in [3.05, 3.63) is 36.4 Å². The molecular weight excluding hydrogens is 244 g/mol. The van der Waals surface area contributed by atoms with Crippen molar-refractivity contribution in [3.63, 3.8) is 0 Å². The van der Waals surface area contributed by atoms with Gasteiger partial charge in [0.1, 0.15) is 0 Å². The van der Waals surface area contributed by atoms with Crippen LogP contribution in [0, 0.1) is 0 Å². The Morgan fingerprint density at radius 3 is 2.78 bits per heavy atom. The molecule has 1 aromatic rings. The number of carbonyl (C=O) groups is 1. The largest absolute Gasteiger partial charge is 0.493 e. The Labute approximate surface area is 103 Å². The van der Waals surface area contributed by atoms with Crippen LogP contribution < -0.4 is 14.8 Å². The number of alkyl halides is 2. The first kappa shape index (κ1) is 14.0. The topological polar surface area (TPSA) is 47.6 Å². The second-order valence-corrected chi connectivity index (χ2v) is 3.24. The monoisotopic (exact) mass is 257 g/mol. The lowest BCUT2D eigenvalue weighted by Crippen LogP contribution is -2.23. The minimum absolute atomic E-state index is 0.0709. The third-order valence-electron chi connectivity index (χ3n) is 2.05. The Morgan fingerprint density at radius 2 is 2.22 bits per heavy atom. The maximum atomic E-state index is 12.1. The van der Waals surface area contributed by atoms with E-state index in [0.29, 0.717) is 6.54 Å². The first-order chi connectivity index (χ1) is 8.58. The van der Waals surface area contributed by atoms with Gasteiger partial charge in [-0.15, -0.1) is 6.58 Å². The number of amides is 1. The molecule has 0 aromatic heterocycles. The van der Waals surface area contributed by atoms with Crippen molar-refractivity contribution in [3.8, 4) is 11.5 Å². The van der Waals surface area contributed by atoms with E-state index in [4.69, 9.17) is 4.74 Å². The summed E-state index contributed by atoms with van der Waals surface area (Å²) in [5.74, 6) is -0.397. The lowest BCUT2D eigenvalue weighted by atomic mass is 10.2. The Hall–Kier alpha value is -2.11. The summed E-state index contributed by atoms with van der Waals surface area (Å²) >= 11 is 0. The molecule has 0 radical (unpaired) electrons. The zero-order valence-electron chi connectivity index (χ0n) is 9.78. The van der Waals surface area contributed by atoms with Gasteiger partial charge in [-0.2, -0.15) is 8.78 Å². The molecule has 0 unspecified atom stereocenters. The number of hydrogen-bond donors (Lipinski definition) is 1. The Morgan fingerprint density at radius 1 is 1.50 bits per heavy atom. The molecule has 98 valence electrons. The first-order valence-electron chi connectivity index (χ1n) is 5.10. The molecule has 1 N–H and O–H groups in total. The van der Waals surface area contributed by atoms with Gasteiger partial charge < -0.3 is 14.8 Å². The van der Waals surface area contributed by atoms with E-state index in [-0.39, 0.29) is 23.0 Å². The van der Waals surface area contributed by atoms with E-state index in [1.54, 1.807) is 0 Å². The molecule has 1 aromatic carbocycles. The molecule has 0 atom stereocenters. The molecule has 1 rings (SSSR count). The highest BCUT2D eigenvalue weighted by atomic mass is 19.3. The van der Waals surface area contributed by atoms with Gasteiger partial charge in [0.2, 0.25) is 0 Å². The fourth-order valence-corrected chi connectivity index (χ4v) is 1.27. The second-order valence-electron chi connectivity index (χ2n) is 3.24. The van der Waals surface area contributed by atoms with Crippen LogP contribution in [0.2, 0.25) is 0 Å². The van der Waals surface area contributed by atoms with Crippen molar-refractivity contribution in [1.29, 1.82) is 0 Å². The average molecular weight is 257 g/mol. The van der Waals surface area contributed by atoms with Gasteiger partial charge in [0, 0.05) is 12.1 Å². The van der Waals surface area contributed by atoms with Gasteiger partial charge in [-0.05, 0) is 18.2 Å². The maximum absolute atomic E-state index is 12.1. The Kier molecular flexibility index (Phi) is 5.10. The molecule has 0 saturated heterocycles. The molecule has 0 heterocycles. The van der Waals surface area contributed by atoms with Crippen LogP contribution in [0.15, 0.2) is 30.9 Å². The van der Waals surface area contributed by atoms with Crippen LogP contribution in [-0.4, -0.2) is 26.2 Å². The standard InChI is InChI=1S/C12H13F2NO3/c1-3-6-15-11(16)8-4-5-9(18-12(13)14)10(7-8)17-2/h3-5,7,12H,1,6H2,2H3,(H,15,16). The van der Waals surface area contributed by atoms with Crippen LogP contribution in [0.25, 0.3) is 0 Å². The Balaban J connectivity index is 2.90. The molecule has 0 aliphatic heterocycles. The van der Waals surface area contributed by atoms with Crippen molar-refractivity contribution in [2.45, 2.75) is 6.61 Å². The van der Waals surface area contributed by atoms with Crippen molar-refractivity contribution in [1.82, 2.24) is 5.32 Å². The summed E-state index contributed by atoms with van der Waals surface area (Å²) in [5.41, 5.74) is 0.287. The normalized spacial score (nSPS) is 10.0. The highest BCUT2D eigenvalue weighted by molar-refractivity contribution is 5.94. The molecule has 0 spiro atoms. The van der Waals surface area contributed by atoms with Gasteiger partial charge in [0.15, 0.2) is 11.5 Å². The van der Waals surface area contributed by atoms with Crippen molar-refractivity contribution in [2.24, 2.45) is 0 Å². The van der Waals surface area contributed by atoms with E-state index in [1.165, 1.54) is 31.4 Å². The van der Waals surface area contributed by atoms with Gasteiger partial charge in [-0.25, -0.2) is 0 Å². The second kappa shape index (κ2) is 6.58. The maximum Gasteiger partial charge on any atom is 0.387 e. The molecule has 6 heteroatoms.